The van der Waals surface area contributed by atoms with Crippen molar-refractivity contribution in [3.8, 4) is 0 Å². The van der Waals surface area contributed by atoms with Crippen LogP contribution < -0.4 is 5.32 Å². The van der Waals surface area contributed by atoms with Crippen LogP contribution in [-0.2, 0) is 4.74 Å². The van der Waals surface area contributed by atoms with E-state index in [1.807, 2.05) is 27.7 Å². The van der Waals surface area contributed by atoms with Gasteiger partial charge in [0.25, 0.3) is 0 Å². The van der Waals surface area contributed by atoms with Crippen molar-refractivity contribution in [3.05, 3.63) is 19.1 Å². The molecule has 0 spiro atoms. The van der Waals surface area contributed by atoms with E-state index in [0.717, 1.165) is 0 Å². The second kappa shape index (κ2) is 4.90. The maximum atomic E-state index is 11.2. The Morgan fingerprint density at radius 3 is 2.46 bits per heavy atom. The number of nitrogens with one attached hydrogen (secondary N) is 1. The molecule has 0 saturated carbocycles. The molecule has 75 valence electrons. The summed E-state index contributed by atoms with van der Waals surface area (Å²) in [6.07, 6.45) is 3.02. The van der Waals surface area contributed by atoms with Gasteiger partial charge >= 0.3 is 6.09 Å². The minimum atomic E-state index is -0.446. The fraction of sp³-hybridized carbons (Fsp3) is 0.600. The summed E-state index contributed by atoms with van der Waals surface area (Å²) in [5.74, 6) is 0. The second-order valence-corrected chi connectivity index (χ2v) is 3.86. The van der Waals surface area contributed by atoms with Gasteiger partial charge in [0.2, 0.25) is 0 Å². The van der Waals surface area contributed by atoms with Crippen LogP contribution in [0.1, 0.15) is 27.7 Å². The van der Waals surface area contributed by atoms with Gasteiger partial charge in [-0.15, -0.1) is 6.58 Å². The van der Waals surface area contributed by atoms with E-state index in [1.54, 1.807) is 12.5 Å². The normalized spacial score (nSPS) is 13.2. The van der Waals surface area contributed by atoms with Crippen LogP contribution in [0.2, 0.25) is 0 Å². The Balaban J connectivity index is 3.81. The predicted octanol–water partition coefficient (Wildman–Crippen LogP) is 2.29. The predicted molar refractivity (Wildman–Crippen MR) is 53.3 cm³/mol. The van der Waals surface area contributed by atoms with Gasteiger partial charge in [-0.1, -0.05) is 6.08 Å². The van der Waals surface area contributed by atoms with E-state index in [0.29, 0.717) is 0 Å². The Labute approximate surface area is 80.2 Å². The van der Waals surface area contributed by atoms with Crippen LogP contribution in [0.5, 0.6) is 0 Å². The van der Waals surface area contributed by atoms with Crippen molar-refractivity contribution in [2.45, 2.75) is 39.3 Å². The zero-order valence-corrected chi connectivity index (χ0v) is 8.76. The molecule has 0 aromatic carbocycles. The Hall–Kier alpha value is -0.990. The first kappa shape index (κ1) is 12.0. The molecule has 0 aromatic rings. The Kier molecular flexibility index (Phi) is 4.52. The topological polar surface area (TPSA) is 38.3 Å². The minimum Gasteiger partial charge on any atom is -0.444 e. The van der Waals surface area contributed by atoms with Gasteiger partial charge in [-0.25, -0.2) is 4.79 Å². The lowest BCUT2D eigenvalue weighted by molar-refractivity contribution is 0.0516. The summed E-state index contributed by atoms with van der Waals surface area (Å²) >= 11 is 0. The zero-order valence-electron chi connectivity index (χ0n) is 8.76. The van der Waals surface area contributed by atoms with E-state index in [9.17, 15) is 4.79 Å². The first-order valence-corrected chi connectivity index (χ1v) is 4.30. The molecule has 1 atom stereocenters. The van der Waals surface area contributed by atoms with E-state index in [2.05, 4.69) is 11.9 Å². The molecule has 0 fully saturated rings. The molecule has 0 aliphatic carbocycles. The maximum absolute atomic E-state index is 11.2. The number of hydrogen-bond donors (Lipinski definition) is 1. The largest absolute Gasteiger partial charge is 0.444 e. The van der Waals surface area contributed by atoms with Crippen molar-refractivity contribution < 1.29 is 9.53 Å². The number of hydrogen-bond acceptors (Lipinski definition) is 2. The third-order valence-electron chi connectivity index (χ3n) is 1.17. The second-order valence-electron chi connectivity index (χ2n) is 3.86. The van der Waals surface area contributed by atoms with Crippen molar-refractivity contribution in [1.82, 2.24) is 5.32 Å². The van der Waals surface area contributed by atoms with E-state index < -0.39 is 11.7 Å². The van der Waals surface area contributed by atoms with Crippen molar-refractivity contribution in [2.75, 3.05) is 0 Å². The fourth-order valence-electron chi connectivity index (χ4n) is 0.746. The standard InChI is InChI=1S/C10H18NO2/c1-6-7-8(2)11-9(12)13-10(3,4)5/h6-8H,1H2,2-5H3,(H,11,12). The van der Waals surface area contributed by atoms with Crippen molar-refractivity contribution in [1.29, 1.82) is 0 Å². The first-order chi connectivity index (χ1) is 5.85. The molecule has 0 aliphatic rings. The third kappa shape index (κ3) is 7.37. The van der Waals surface area contributed by atoms with Gasteiger partial charge in [0, 0.05) is 12.5 Å². The molecule has 1 radical (unpaired) electrons. The Bertz CT molecular complexity index is 182. The van der Waals surface area contributed by atoms with E-state index in [4.69, 9.17) is 4.74 Å². The molecule has 0 rings (SSSR count). The third-order valence-corrected chi connectivity index (χ3v) is 1.17. The van der Waals surface area contributed by atoms with Crippen LogP contribution in [0, 0.1) is 6.42 Å². The van der Waals surface area contributed by atoms with E-state index >= 15 is 0 Å². The summed E-state index contributed by atoms with van der Waals surface area (Å²) in [6.45, 7) is 10.9. The molecule has 1 N–H and O–H groups in total. The Morgan fingerprint density at radius 1 is 1.54 bits per heavy atom. The molecule has 3 heteroatoms. The number of carbonyl (C=O) groups is 1. The first-order valence-electron chi connectivity index (χ1n) is 4.30. The number of amides is 1. The van der Waals surface area contributed by atoms with Crippen LogP contribution in [0.4, 0.5) is 4.79 Å². The van der Waals surface area contributed by atoms with E-state index in [1.165, 1.54) is 0 Å². The smallest absolute Gasteiger partial charge is 0.407 e. The van der Waals surface area contributed by atoms with Crippen LogP contribution >= 0.6 is 0 Å². The van der Waals surface area contributed by atoms with Crippen LogP contribution in [0.3, 0.4) is 0 Å². The molecule has 0 bridgehead atoms. The minimum absolute atomic E-state index is 0.0488. The van der Waals surface area contributed by atoms with Crippen molar-refractivity contribution in [2.24, 2.45) is 0 Å². The number of carbonyl (C=O) groups excluding carboxylic acids is 1. The SMILES string of the molecule is C=C[CH]C(C)NC(=O)OC(C)(C)C. The zero-order chi connectivity index (χ0) is 10.5. The maximum Gasteiger partial charge on any atom is 0.407 e. The highest BCUT2D eigenvalue weighted by molar-refractivity contribution is 5.68. The molecule has 1 unspecified atom stereocenters. The Morgan fingerprint density at radius 2 is 2.08 bits per heavy atom. The summed E-state index contributed by atoms with van der Waals surface area (Å²) in [5, 5.41) is 2.65. The van der Waals surface area contributed by atoms with Gasteiger partial charge in [0.1, 0.15) is 5.60 Å². The molecule has 0 aliphatic heterocycles. The van der Waals surface area contributed by atoms with Gasteiger partial charge in [-0.2, -0.15) is 0 Å². The van der Waals surface area contributed by atoms with Gasteiger partial charge in [0.15, 0.2) is 0 Å². The summed E-state index contributed by atoms with van der Waals surface area (Å²) in [7, 11) is 0. The van der Waals surface area contributed by atoms with Gasteiger partial charge < -0.3 is 10.1 Å². The quantitative estimate of drug-likeness (QED) is 0.730. The van der Waals surface area contributed by atoms with Crippen molar-refractivity contribution in [3.63, 3.8) is 0 Å². The summed E-state index contributed by atoms with van der Waals surface area (Å²) in [4.78, 5) is 11.2. The number of alkyl carbamates (subject to hydrolysis) is 1. The molecule has 0 aromatic heterocycles. The molecule has 13 heavy (non-hydrogen) atoms. The lowest BCUT2D eigenvalue weighted by Crippen LogP contribution is -2.37. The number of rotatable bonds is 3. The van der Waals surface area contributed by atoms with Crippen molar-refractivity contribution >= 4 is 6.09 Å². The monoisotopic (exact) mass is 184 g/mol. The lowest BCUT2D eigenvalue weighted by atomic mass is 10.2. The molecule has 0 heterocycles. The molecule has 3 nitrogen and oxygen atoms in total. The average Bonchev–Trinajstić information content (AvgIpc) is 1.81. The highest BCUT2D eigenvalue weighted by Gasteiger charge is 2.16. The molecule has 1 amide bonds. The summed E-state index contributed by atoms with van der Waals surface area (Å²) < 4.78 is 5.05. The number of ether oxygens (including phenoxy) is 1. The van der Waals surface area contributed by atoms with Crippen LogP contribution in [0.15, 0.2) is 12.7 Å². The van der Waals surface area contributed by atoms with Crippen LogP contribution in [-0.4, -0.2) is 17.7 Å². The van der Waals surface area contributed by atoms with Crippen LogP contribution in [0.25, 0.3) is 0 Å². The fourth-order valence-corrected chi connectivity index (χ4v) is 0.746. The summed E-state index contributed by atoms with van der Waals surface area (Å²) in [5.41, 5.74) is -0.446. The van der Waals surface area contributed by atoms with Gasteiger partial charge in [-0.05, 0) is 27.7 Å². The van der Waals surface area contributed by atoms with Gasteiger partial charge in [0.05, 0.1) is 0 Å². The average molecular weight is 184 g/mol. The molecular weight excluding hydrogens is 166 g/mol. The summed E-state index contributed by atoms with van der Waals surface area (Å²) in [6, 6.07) is -0.0488. The van der Waals surface area contributed by atoms with E-state index in [-0.39, 0.29) is 6.04 Å². The highest BCUT2D eigenvalue weighted by Crippen LogP contribution is 2.06. The molecular formula is C10H18NO2. The lowest BCUT2D eigenvalue weighted by Gasteiger charge is -2.21. The molecule has 0 saturated heterocycles. The highest BCUT2D eigenvalue weighted by atomic mass is 16.6. The van der Waals surface area contributed by atoms with Gasteiger partial charge in [-0.3, -0.25) is 0 Å².